The molecule has 0 atom stereocenters. The lowest BCUT2D eigenvalue weighted by molar-refractivity contribution is -0.129. The van der Waals surface area contributed by atoms with Crippen molar-refractivity contribution in [2.75, 3.05) is 14.2 Å². The molecule has 0 aromatic heterocycles. The van der Waals surface area contributed by atoms with E-state index in [0.29, 0.717) is 21.5 Å². The number of hydrogen-bond donors (Lipinski definition) is 1. The summed E-state index contributed by atoms with van der Waals surface area (Å²) in [6, 6.07) is 9.68. The Labute approximate surface area is 202 Å². The van der Waals surface area contributed by atoms with Crippen LogP contribution in [0.2, 0.25) is 0 Å². The van der Waals surface area contributed by atoms with Gasteiger partial charge in [-0.25, -0.2) is 4.39 Å². The summed E-state index contributed by atoms with van der Waals surface area (Å²) in [4.78, 5) is 27.0. The highest BCUT2D eigenvalue weighted by Gasteiger charge is 2.25. The quantitative estimate of drug-likeness (QED) is 0.495. The molecule has 0 unspecified atom stereocenters. The zero-order chi connectivity index (χ0) is 24.8. The summed E-state index contributed by atoms with van der Waals surface area (Å²) in [7, 11) is 3.05. The van der Waals surface area contributed by atoms with Gasteiger partial charge in [0.1, 0.15) is 11.5 Å². The van der Waals surface area contributed by atoms with Crippen molar-refractivity contribution in [3.63, 3.8) is 0 Å². The van der Waals surface area contributed by atoms with Crippen molar-refractivity contribution in [1.29, 1.82) is 0 Å². The van der Waals surface area contributed by atoms with Crippen LogP contribution in [0.4, 0.5) is 4.39 Å². The minimum atomic E-state index is -0.539. The Hall–Kier alpha value is -3.13. The lowest BCUT2D eigenvalue weighted by Gasteiger charge is -2.27. The molecule has 6 nitrogen and oxygen atoms in total. The average Bonchev–Trinajstić information content (AvgIpc) is 2.75. The van der Waals surface area contributed by atoms with E-state index in [2.05, 4.69) is 27.8 Å². The van der Waals surface area contributed by atoms with Gasteiger partial charge in [-0.15, -0.1) is 0 Å². The molecule has 0 saturated heterocycles. The van der Waals surface area contributed by atoms with Gasteiger partial charge < -0.3 is 14.8 Å². The molecule has 8 heteroatoms. The van der Waals surface area contributed by atoms with E-state index in [1.54, 1.807) is 36.4 Å². The van der Waals surface area contributed by atoms with Gasteiger partial charge in [0.25, 0.3) is 11.8 Å². The topological polar surface area (TPSA) is 67.9 Å². The second-order valence-electron chi connectivity index (χ2n) is 8.22. The fourth-order valence-corrected chi connectivity index (χ4v) is 3.36. The molecule has 0 aliphatic heterocycles. The summed E-state index contributed by atoms with van der Waals surface area (Å²) in [5.41, 5.74) is 0.276. The maximum atomic E-state index is 14.5. The zero-order valence-electron chi connectivity index (χ0n) is 19.4. The Morgan fingerprint density at radius 2 is 1.82 bits per heavy atom. The van der Waals surface area contributed by atoms with Gasteiger partial charge >= 0.3 is 0 Å². The Balaban J connectivity index is 2.37. The van der Waals surface area contributed by atoms with Crippen LogP contribution in [0, 0.1) is 5.82 Å². The van der Waals surface area contributed by atoms with Crippen molar-refractivity contribution in [3.05, 3.63) is 76.2 Å². The molecule has 0 aliphatic carbocycles. The van der Waals surface area contributed by atoms with E-state index < -0.39 is 23.2 Å². The fraction of sp³-hybridized carbons (Fsp3) is 0.280. The SMILES string of the molecule is C=C(C(=O)NC(C)(C)C)N(Cc1c(F)cccc1Br)C(=O)/C=C/c1ccc(OC)c(OC)c1. The van der Waals surface area contributed by atoms with Gasteiger partial charge in [-0.2, -0.15) is 0 Å². The van der Waals surface area contributed by atoms with Crippen molar-refractivity contribution in [1.82, 2.24) is 10.2 Å². The van der Waals surface area contributed by atoms with Crippen LogP contribution in [-0.2, 0) is 16.1 Å². The Morgan fingerprint density at radius 1 is 1.15 bits per heavy atom. The van der Waals surface area contributed by atoms with Crippen molar-refractivity contribution in [2.24, 2.45) is 0 Å². The van der Waals surface area contributed by atoms with Gasteiger partial charge in [0, 0.05) is 21.7 Å². The number of carbonyl (C=O) groups excluding carboxylic acids is 2. The number of amides is 2. The number of hydrogen-bond acceptors (Lipinski definition) is 4. The van der Waals surface area contributed by atoms with E-state index in [9.17, 15) is 14.0 Å². The smallest absolute Gasteiger partial charge is 0.267 e. The molecule has 2 aromatic rings. The largest absolute Gasteiger partial charge is 0.493 e. The van der Waals surface area contributed by atoms with Crippen LogP contribution in [0.25, 0.3) is 6.08 Å². The summed E-state index contributed by atoms with van der Waals surface area (Å²) in [5.74, 6) is -0.501. The third kappa shape index (κ3) is 7.18. The summed E-state index contributed by atoms with van der Waals surface area (Å²) < 4.78 is 25.5. The molecule has 0 fully saturated rings. The van der Waals surface area contributed by atoms with Crippen LogP contribution in [0.15, 0.2) is 59.2 Å². The lowest BCUT2D eigenvalue weighted by Crippen LogP contribution is -2.45. The zero-order valence-corrected chi connectivity index (χ0v) is 21.0. The maximum Gasteiger partial charge on any atom is 0.267 e. The summed E-state index contributed by atoms with van der Waals surface area (Å²) in [5, 5.41) is 2.78. The van der Waals surface area contributed by atoms with Crippen molar-refractivity contribution >= 4 is 33.8 Å². The minimum Gasteiger partial charge on any atom is -0.493 e. The van der Waals surface area contributed by atoms with Gasteiger partial charge in [0.15, 0.2) is 11.5 Å². The van der Waals surface area contributed by atoms with Crippen LogP contribution in [-0.4, -0.2) is 36.5 Å². The molecule has 0 aliphatic rings. The number of benzene rings is 2. The van der Waals surface area contributed by atoms with Gasteiger partial charge in [-0.3, -0.25) is 14.5 Å². The predicted molar refractivity (Wildman–Crippen MR) is 130 cm³/mol. The van der Waals surface area contributed by atoms with E-state index >= 15 is 0 Å². The fourth-order valence-electron chi connectivity index (χ4n) is 2.90. The lowest BCUT2D eigenvalue weighted by atomic mass is 10.1. The number of halogens is 2. The van der Waals surface area contributed by atoms with Gasteiger partial charge in [-0.1, -0.05) is 34.6 Å². The van der Waals surface area contributed by atoms with Crippen molar-refractivity contribution < 1.29 is 23.5 Å². The first kappa shape index (κ1) is 26.1. The first-order valence-corrected chi connectivity index (χ1v) is 10.9. The van der Waals surface area contributed by atoms with Crippen molar-refractivity contribution in [2.45, 2.75) is 32.9 Å². The van der Waals surface area contributed by atoms with Crippen molar-refractivity contribution in [3.8, 4) is 11.5 Å². The molecule has 0 radical (unpaired) electrons. The van der Waals surface area contributed by atoms with Crippen LogP contribution in [0.5, 0.6) is 11.5 Å². The highest BCUT2D eigenvalue weighted by Crippen LogP contribution is 2.28. The molecule has 176 valence electrons. The third-order valence-corrected chi connectivity index (χ3v) is 5.29. The Morgan fingerprint density at radius 3 is 2.39 bits per heavy atom. The van der Waals surface area contributed by atoms with Crippen LogP contribution >= 0.6 is 15.9 Å². The maximum absolute atomic E-state index is 14.5. The highest BCUT2D eigenvalue weighted by molar-refractivity contribution is 9.10. The average molecular weight is 519 g/mol. The molecule has 0 heterocycles. The number of methoxy groups -OCH3 is 2. The van der Waals surface area contributed by atoms with E-state index in [-0.39, 0.29) is 17.8 Å². The molecule has 0 saturated carbocycles. The Bertz CT molecular complexity index is 1060. The molecule has 2 amide bonds. The number of ether oxygens (including phenoxy) is 2. The summed E-state index contributed by atoms with van der Waals surface area (Å²) in [6.45, 7) is 9.07. The van der Waals surface area contributed by atoms with E-state index in [1.807, 2.05) is 20.8 Å². The second kappa shape index (κ2) is 11.1. The molecule has 2 rings (SSSR count). The van der Waals surface area contributed by atoms with Gasteiger partial charge in [-0.05, 0) is 56.7 Å². The number of carbonyl (C=O) groups is 2. The van der Waals surface area contributed by atoms with Crippen LogP contribution in [0.1, 0.15) is 31.9 Å². The standard InChI is InChI=1S/C25H28BrFN2O4/c1-16(24(31)28-25(2,3)4)29(15-18-19(26)8-7-9-20(18)27)23(30)13-11-17-10-12-21(32-5)22(14-17)33-6/h7-14H,1,15H2,2-6H3,(H,28,31)/b13-11+. The monoisotopic (exact) mass is 518 g/mol. The first-order valence-electron chi connectivity index (χ1n) is 10.1. The van der Waals surface area contributed by atoms with Crippen LogP contribution < -0.4 is 14.8 Å². The minimum absolute atomic E-state index is 0.0953. The van der Waals surface area contributed by atoms with E-state index in [4.69, 9.17) is 9.47 Å². The highest BCUT2D eigenvalue weighted by atomic mass is 79.9. The molecule has 0 spiro atoms. The van der Waals surface area contributed by atoms with Gasteiger partial charge in [0.05, 0.1) is 20.8 Å². The predicted octanol–water partition coefficient (Wildman–Crippen LogP) is 5.08. The normalized spacial score (nSPS) is 11.2. The number of rotatable bonds is 8. The van der Waals surface area contributed by atoms with Gasteiger partial charge in [0.2, 0.25) is 0 Å². The summed E-state index contributed by atoms with van der Waals surface area (Å²) in [6.07, 6.45) is 2.87. The molecule has 33 heavy (non-hydrogen) atoms. The van der Waals surface area contributed by atoms with E-state index in [1.165, 1.54) is 26.4 Å². The molecular formula is C25H28BrFN2O4. The number of nitrogens with zero attached hydrogens (tertiary/aromatic N) is 1. The molecule has 2 aromatic carbocycles. The number of nitrogens with one attached hydrogen (secondary N) is 1. The second-order valence-corrected chi connectivity index (χ2v) is 9.08. The summed E-state index contributed by atoms with van der Waals surface area (Å²) >= 11 is 3.31. The molecule has 0 bridgehead atoms. The van der Waals surface area contributed by atoms with Crippen LogP contribution in [0.3, 0.4) is 0 Å². The molecule has 1 N–H and O–H groups in total. The molecular weight excluding hydrogens is 491 g/mol. The first-order chi connectivity index (χ1) is 15.5. The Kier molecular flexibility index (Phi) is 8.82. The van der Waals surface area contributed by atoms with E-state index in [0.717, 1.165) is 4.90 Å². The third-order valence-electron chi connectivity index (χ3n) is 4.55.